The van der Waals surface area contributed by atoms with Gasteiger partial charge in [0.15, 0.2) is 0 Å². The molecule has 0 heterocycles. The van der Waals surface area contributed by atoms with Crippen LogP contribution >= 0.6 is 0 Å². The van der Waals surface area contributed by atoms with Crippen LogP contribution < -0.4 is 9.44 Å². The summed E-state index contributed by atoms with van der Waals surface area (Å²) in [5.74, 6) is -3.48. The number of carbonyl (C=O) groups is 2. The summed E-state index contributed by atoms with van der Waals surface area (Å²) in [6.45, 7) is 6.39. The second-order valence-corrected chi connectivity index (χ2v) is 12.6. The van der Waals surface area contributed by atoms with Gasteiger partial charge in [-0.1, -0.05) is 39.8 Å². The summed E-state index contributed by atoms with van der Waals surface area (Å²) in [5, 5.41) is 18.6. The van der Waals surface area contributed by atoms with Crippen molar-refractivity contribution >= 4 is 32.0 Å². The minimum absolute atomic E-state index is 0.0910. The molecule has 0 fully saturated rings. The topological polar surface area (TPSA) is 167 Å². The Morgan fingerprint density at radius 2 is 1.06 bits per heavy atom. The molecule has 12 heteroatoms. The van der Waals surface area contributed by atoms with Crippen molar-refractivity contribution in [3.8, 4) is 11.1 Å². The number of aliphatic carboxylic acids is 2. The van der Waals surface area contributed by atoms with Crippen LogP contribution in [0, 0.1) is 11.8 Å². The first-order valence-corrected chi connectivity index (χ1v) is 13.9. The molecule has 1 aliphatic rings. The van der Waals surface area contributed by atoms with E-state index in [2.05, 4.69) is 9.44 Å². The summed E-state index contributed by atoms with van der Waals surface area (Å²) >= 11 is 0. The summed E-state index contributed by atoms with van der Waals surface area (Å²) < 4.78 is 55.7. The highest BCUT2D eigenvalue weighted by Crippen LogP contribution is 2.38. The summed E-state index contributed by atoms with van der Waals surface area (Å²) in [6.07, 6.45) is 0.260. The average molecular weight is 525 g/mol. The first-order valence-electron chi connectivity index (χ1n) is 10.9. The van der Waals surface area contributed by atoms with E-state index in [4.69, 9.17) is 0 Å². The standard InChI is InChI=1S/C23H28N2O8S2/c1-12(2)20(22(26)27)24-34(30,31)16-5-7-18-14(10-16)9-15-11-17(6-8-19(15)18)35(32,33)25-21(13(3)4)23(28)29/h5-8,10-13,20-21,24-25H,9H2,1-4H3,(H,26,27)(H,28,29)/t20-,21-/m0/s1. The first kappa shape index (κ1) is 26.8. The van der Waals surface area contributed by atoms with Crippen molar-refractivity contribution in [2.45, 2.75) is 56.0 Å². The van der Waals surface area contributed by atoms with E-state index < -0.39 is 55.9 Å². The lowest BCUT2D eigenvalue weighted by molar-refractivity contribution is -0.141. The second-order valence-electron chi connectivity index (χ2n) is 9.18. The Balaban J connectivity index is 1.90. The molecule has 0 spiro atoms. The lowest BCUT2D eigenvalue weighted by Crippen LogP contribution is -2.44. The zero-order valence-corrected chi connectivity index (χ0v) is 21.3. The molecule has 4 N–H and O–H groups in total. The normalized spacial score (nSPS) is 15.0. The van der Waals surface area contributed by atoms with E-state index in [0.717, 1.165) is 11.1 Å². The minimum atomic E-state index is -4.11. The van der Waals surface area contributed by atoms with Crippen LogP contribution in [0.2, 0.25) is 0 Å². The fourth-order valence-electron chi connectivity index (χ4n) is 3.91. The monoisotopic (exact) mass is 524 g/mol. The maximum absolute atomic E-state index is 12.8. The van der Waals surface area contributed by atoms with Crippen molar-refractivity contribution in [1.29, 1.82) is 0 Å². The zero-order valence-electron chi connectivity index (χ0n) is 19.6. The number of fused-ring (bicyclic) bond motifs is 3. The highest BCUT2D eigenvalue weighted by molar-refractivity contribution is 7.89. The Bertz CT molecular complexity index is 1280. The highest BCUT2D eigenvalue weighted by Gasteiger charge is 2.31. The Hall–Kier alpha value is -2.80. The van der Waals surface area contributed by atoms with Gasteiger partial charge in [-0.25, -0.2) is 16.8 Å². The summed E-state index contributed by atoms with van der Waals surface area (Å²) in [6, 6.07) is 6.28. The number of carboxylic acid groups (broad SMARTS) is 2. The average Bonchev–Trinajstić information content (AvgIpc) is 3.12. The van der Waals surface area contributed by atoms with Gasteiger partial charge in [-0.3, -0.25) is 9.59 Å². The van der Waals surface area contributed by atoms with Crippen molar-refractivity contribution in [3.63, 3.8) is 0 Å². The minimum Gasteiger partial charge on any atom is -0.480 e. The molecule has 0 saturated heterocycles. The SMILES string of the molecule is CC(C)[C@H](NS(=O)(=O)c1ccc2c(c1)Cc1cc(S(=O)(=O)N[C@H](C(=O)O)C(C)C)ccc1-2)C(=O)O. The van der Waals surface area contributed by atoms with Crippen LogP contribution in [0.5, 0.6) is 0 Å². The number of nitrogens with one attached hydrogen (secondary N) is 2. The largest absolute Gasteiger partial charge is 0.480 e. The number of rotatable bonds is 10. The van der Waals surface area contributed by atoms with Gasteiger partial charge in [-0.15, -0.1) is 0 Å². The van der Waals surface area contributed by atoms with Crippen molar-refractivity contribution < 1.29 is 36.6 Å². The second kappa shape index (κ2) is 9.69. The van der Waals surface area contributed by atoms with E-state index in [1.807, 2.05) is 0 Å². The van der Waals surface area contributed by atoms with E-state index in [9.17, 15) is 36.6 Å². The molecule has 0 aliphatic heterocycles. The maximum atomic E-state index is 12.8. The molecule has 0 saturated carbocycles. The molecule has 0 radical (unpaired) electrons. The fraction of sp³-hybridized carbons (Fsp3) is 0.391. The Kier molecular flexibility index (Phi) is 7.42. The predicted molar refractivity (Wildman–Crippen MR) is 128 cm³/mol. The third-order valence-corrected chi connectivity index (χ3v) is 8.75. The first-order chi connectivity index (χ1) is 16.1. The van der Waals surface area contributed by atoms with Gasteiger partial charge in [-0.2, -0.15) is 9.44 Å². The van der Waals surface area contributed by atoms with Crippen LogP contribution in [-0.2, 0) is 36.1 Å². The smallest absolute Gasteiger partial charge is 0.322 e. The summed E-state index contributed by atoms with van der Waals surface area (Å²) in [7, 11) is -8.22. The van der Waals surface area contributed by atoms with Crippen LogP contribution in [0.3, 0.4) is 0 Å². The van der Waals surface area contributed by atoms with Crippen molar-refractivity contribution in [3.05, 3.63) is 47.5 Å². The predicted octanol–water partition coefficient (Wildman–Crippen LogP) is 2.03. The van der Waals surface area contributed by atoms with Gasteiger partial charge >= 0.3 is 11.9 Å². The molecule has 2 aromatic carbocycles. The molecule has 35 heavy (non-hydrogen) atoms. The summed E-state index contributed by atoms with van der Waals surface area (Å²) in [5.41, 5.74) is 2.76. The molecular weight excluding hydrogens is 496 g/mol. The van der Waals surface area contributed by atoms with E-state index in [0.29, 0.717) is 11.1 Å². The maximum Gasteiger partial charge on any atom is 0.322 e. The lowest BCUT2D eigenvalue weighted by Gasteiger charge is -2.18. The van der Waals surface area contributed by atoms with E-state index in [1.165, 1.54) is 24.3 Å². The van der Waals surface area contributed by atoms with Gasteiger partial charge in [0, 0.05) is 0 Å². The number of hydrogen-bond donors (Lipinski definition) is 4. The molecule has 10 nitrogen and oxygen atoms in total. The highest BCUT2D eigenvalue weighted by atomic mass is 32.2. The molecule has 0 unspecified atom stereocenters. The third kappa shape index (κ3) is 5.56. The van der Waals surface area contributed by atoms with Crippen molar-refractivity contribution in [2.75, 3.05) is 0 Å². The molecule has 0 amide bonds. The Morgan fingerprint density at radius 3 is 1.34 bits per heavy atom. The number of sulfonamides is 2. The van der Waals surface area contributed by atoms with Gasteiger partial charge < -0.3 is 10.2 Å². The molecule has 3 rings (SSSR count). The van der Waals surface area contributed by atoms with Crippen LogP contribution in [-0.4, -0.2) is 51.1 Å². The van der Waals surface area contributed by atoms with Gasteiger partial charge in [0.05, 0.1) is 9.79 Å². The molecule has 2 atom stereocenters. The van der Waals surface area contributed by atoms with Crippen LogP contribution in [0.25, 0.3) is 11.1 Å². The third-order valence-electron chi connectivity index (χ3n) is 5.87. The van der Waals surface area contributed by atoms with Gasteiger partial charge in [0.25, 0.3) is 0 Å². The van der Waals surface area contributed by atoms with Crippen LogP contribution in [0.1, 0.15) is 38.8 Å². The zero-order chi connectivity index (χ0) is 26.3. The van der Waals surface area contributed by atoms with E-state index >= 15 is 0 Å². The van der Waals surface area contributed by atoms with Gasteiger partial charge in [0.1, 0.15) is 12.1 Å². The fourth-order valence-corrected chi connectivity index (χ4v) is 6.69. The molecule has 190 valence electrons. The van der Waals surface area contributed by atoms with E-state index in [-0.39, 0.29) is 16.2 Å². The number of carboxylic acids is 2. The van der Waals surface area contributed by atoms with Gasteiger partial charge in [-0.05, 0) is 64.8 Å². The van der Waals surface area contributed by atoms with Crippen LogP contribution in [0.15, 0.2) is 46.2 Å². The summed E-state index contributed by atoms with van der Waals surface area (Å²) in [4.78, 5) is 22.7. The molecular formula is C23H28N2O8S2. The number of hydrogen-bond acceptors (Lipinski definition) is 6. The number of benzene rings is 2. The Morgan fingerprint density at radius 1 is 0.714 bits per heavy atom. The molecule has 1 aliphatic carbocycles. The van der Waals surface area contributed by atoms with Crippen molar-refractivity contribution in [1.82, 2.24) is 9.44 Å². The van der Waals surface area contributed by atoms with Gasteiger partial charge in [0.2, 0.25) is 20.0 Å². The van der Waals surface area contributed by atoms with Crippen molar-refractivity contribution in [2.24, 2.45) is 11.8 Å². The van der Waals surface area contributed by atoms with E-state index in [1.54, 1.807) is 39.8 Å². The molecule has 0 bridgehead atoms. The Labute approximate surface area is 204 Å². The quantitative estimate of drug-likeness (QED) is 0.312. The molecule has 0 aromatic heterocycles. The molecule has 2 aromatic rings. The lowest BCUT2D eigenvalue weighted by atomic mass is 10.1. The van der Waals surface area contributed by atoms with Crippen LogP contribution in [0.4, 0.5) is 0 Å².